The number of anilines is 2. The standard InChI is InChI=1S/C25H34N4O4S/c1-16(2)24(25(31)26-15-19-7-9-21(10-8-19)28(5)6)27-34(32,33)22-11-12-23-20(14-22)13-17(3)29(23)18(4)30/h7-12,14,16-17,24,27H,13,15H2,1-6H3,(H,26,31)/t17-,24+/m1/s1. The molecule has 2 amide bonds. The topological polar surface area (TPSA) is 98.8 Å². The molecule has 0 aromatic heterocycles. The minimum absolute atomic E-state index is 0.0283. The third kappa shape index (κ3) is 5.59. The Morgan fingerprint density at radius 3 is 2.32 bits per heavy atom. The summed E-state index contributed by atoms with van der Waals surface area (Å²) in [6, 6.07) is 11.6. The number of amides is 2. The fraction of sp³-hybridized carbons (Fsp3) is 0.440. The van der Waals surface area contributed by atoms with E-state index in [2.05, 4.69) is 10.0 Å². The highest BCUT2D eigenvalue weighted by molar-refractivity contribution is 7.89. The second-order valence-corrected chi connectivity index (χ2v) is 11.1. The van der Waals surface area contributed by atoms with E-state index in [9.17, 15) is 18.0 Å². The molecule has 0 radical (unpaired) electrons. The van der Waals surface area contributed by atoms with Gasteiger partial charge in [-0.3, -0.25) is 9.59 Å². The molecule has 1 heterocycles. The van der Waals surface area contributed by atoms with Crippen molar-refractivity contribution in [1.29, 1.82) is 0 Å². The number of rotatable bonds is 8. The Kier molecular flexibility index (Phi) is 7.67. The zero-order valence-electron chi connectivity index (χ0n) is 20.6. The molecule has 2 aromatic rings. The number of sulfonamides is 1. The molecule has 2 N–H and O–H groups in total. The van der Waals surface area contributed by atoms with E-state index in [1.165, 1.54) is 13.0 Å². The zero-order valence-corrected chi connectivity index (χ0v) is 21.4. The Labute approximate surface area is 202 Å². The van der Waals surface area contributed by atoms with Crippen LogP contribution in [-0.2, 0) is 32.6 Å². The van der Waals surface area contributed by atoms with Crippen molar-refractivity contribution >= 4 is 33.2 Å². The molecule has 3 rings (SSSR count). The third-order valence-corrected chi connectivity index (χ3v) is 7.51. The summed E-state index contributed by atoms with van der Waals surface area (Å²) in [5.74, 6) is -0.714. The van der Waals surface area contributed by atoms with Gasteiger partial charge in [0.2, 0.25) is 21.8 Å². The minimum atomic E-state index is -3.94. The van der Waals surface area contributed by atoms with E-state index in [1.54, 1.807) is 30.9 Å². The fourth-order valence-electron chi connectivity index (χ4n) is 4.19. The summed E-state index contributed by atoms with van der Waals surface area (Å²) < 4.78 is 28.9. The largest absolute Gasteiger partial charge is 0.378 e. The maximum Gasteiger partial charge on any atom is 0.241 e. The Morgan fingerprint density at radius 1 is 1.12 bits per heavy atom. The van der Waals surface area contributed by atoms with E-state index in [-0.39, 0.29) is 28.7 Å². The summed E-state index contributed by atoms with van der Waals surface area (Å²) in [4.78, 5) is 28.6. The summed E-state index contributed by atoms with van der Waals surface area (Å²) in [6.07, 6.45) is 0.582. The van der Waals surface area contributed by atoms with Gasteiger partial charge in [-0.15, -0.1) is 0 Å². The van der Waals surface area contributed by atoms with Crippen molar-refractivity contribution in [3.05, 3.63) is 53.6 Å². The van der Waals surface area contributed by atoms with Crippen LogP contribution in [-0.4, -0.2) is 46.4 Å². The van der Waals surface area contributed by atoms with Gasteiger partial charge in [0, 0.05) is 45.0 Å². The molecule has 0 fully saturated rings. The van der Waals surface area contributed by atoms with Gasteiger partial charge in [0.15, 0.2) is 0 Å². The van der Waals surface area contributed by atoms with E-state index < -0.39 is 16.1 Å². The van der Waals surface area contributed by atoms with E-state index in [0.717, 1.165) is 22.5 Å². The van der Waals surface area contributed by atoms with E-state index in [4.69, 9.17) is 0 Å². The molecule has 1 aliphatic rings. The molecule has 0 aliphatic carbocycles. The summed E-state index contributed by atoms with van der Waals surface area (Å²) in [5, 5.41) is 2.85. The van der Waals surface area contributed by atoms with Gasteiger partial charge in [-0.05, 0) is 60.7 Å². The van der Waals surface area contributed by atoms with Crippen molar-refractivity contribution in [3.63, 3.8) is 0 Å². The number of carbonyl (C=O) groups excluding carboxylic acids is 2. The van der Waals surface area contributed by atoms with Gasteiger partial charge in [0.1, 0.15) is 6.04 Å². The van der Waals surface area contributed by atoms with Crippen molar-refractivity contribution in [1.82, 2.24) is 10.0 Å². The Hall–Kier alpha value is -2.91. The number of fused-ring (bicyclic) bond motifs is 1. The van der Waals surface area contributed by atoms with Crippen LogP contribution < -0.4 is 19.8 Å². The number of carbonyl (C=O) groups is 2. The predicted molar refractivity (Wildman–Crippen MR) is 134 cm³/mol. The summed E-state index contributed by atoms with van der Waals surface area (Å²) in [6.45, 7) is 7.33. The first kappa shape index (κ1) is 25.7. The molecule has 9 heteroatoms. The molecular weight excluding hydrogens is 452 g/mol. The van der Waals surface area contributed by atoms with Crippen LogP contribution in [0, 0.1) is 5.92 Å². The van der Waals surface area contributed by atoms with E-state index in [0.29, 0.717) is 13.0 Å². The maximum atomic E-state index is 13.1. The Bertz CT molecular complexity index is 1160. The van der Waals surface area contributed by atoms with Crippen LogP contribution in [0.25, 0.3) is 0 Å². The number of nitrogens with one attached hydrogen (secondary N) is 2. The van der Waals surface area contributed by atoms with E-state index in [1.807, 2.05) is 50.2 Å². The second-order valence-electron chi connectivity index (χ2n) is 9.35. The summed E-state index contributed by atoms with van der Waals surface area (Å²) in [7, 11) is -0.0334. The fourth-order valence-corrected chi connectivity index (χ4v) is 5.59. The Balaban J connectivity index is 1.72. The van der Waals surface area contributed by atoms with Crippen LogP contribution in [0.3, 0.4) is 0 Å². The zero-order chi connectivity index (χ0) is 25.2. The lowest BCUT2D eigenvalue weighted by Crippen LogP contribution is -2.49. The summed E-state index contributed by atoms with van der Waals surface area (Å²) in [5.41, 5.74) is 3.51. The number of hydrogen-bond donors (Lipinski definition) is 2. The van der Waals surface area contributed by atoms with Gasteiger partial charge in [-0.1, -0.05) is 26.0 Å². The summed E-state index contributed by atoms with van der Waals surface area (Å²) >= 11 is 0. The van der Waals surface area contributed by atoms with Crippen LogP contribution in [0.4, 0.5) is 11.4 Å². The van der Waals surface area contributed by atoms with Crippen LogP contribution >= 0.6 is 0 Å². The van der Waals surface area contributed by atoms with Crippen molar-refractivity contribution < 1.29 is 18.0 Å². The molecule has 34 heavy (non-hydrogen) atoms. The van der Waals surface area contributed by atoms with Crippen molar-refractivity contribution in [3.8, 4) is 0 Å². The average molecular weight is 487 g/mol. The molecular formula is C25H34N4O4S. The Morgan fingerprint density at radius 2 is 1.76 bits per heavy atom. The first-order valence-corrected chi connectivity index (χ1v) is 12.9. The number of benzene rings is 2. The SMILES string of the molecule is CC(=O)N1c2ccc(S(=O)(=O)N[C@H](C(=O)NCc3ccc(N(C)C)cc3)C(C)C)cc2C[C@H]1C. The van der Waals surface area contributed by atoms with Crippen LogP contribution in [0.15, 0.2) is 47.4 Å². The highest BCUT2D eigenvalue weighted by atomic mass is 32.2. The van der Waals surface area contributed by atoms with Gasteiger partial charge >= 0.3 is 0 Å². The van der Waals surface area contributed by atoms with Crippen LogP contribution in [0.2, 0.25) is 0 Å². The van der Waals surface area contributed by atoms with Crippen LogP contribution in [0.5, 0.6) is 0 Å². The molecule has 0 saturated carbocycles. The molecule has 0 spiro atoms. The van der Waals surface area contributed by atoms with Crippen molar-refractivity contribution in [2.24, 2.45) is 5.92 Å². The lowest BCUT2D eigenvalue weighted by Gasteiger charge is -2.22. The minimum Gasteiger partial charge on any atom is -0.378 e. The monoisotopic (exact) mass is 486 g/mol. The highest BCUT2D eigenvalue weighted by Crippen LogP contribution is 2.34. The molecule has 2 atom stereocenters. The van der Waals surface area contributed by atoms with Gasteiger partial charge in [0.05, 0.1) is 4.90 Å². The first-order valence-electron chi connectivity index (χ1n) is 11.4. The van der Waals surface area contributed by atoms with Crippen molar-refractivity contribution in [2.75, 3.05) is 23.9 Å². The predicted octanol–water partition coefficient (Wildman–Crippen LogP) is 2.67. The van der Waals surface area contributed by atoms with Gasteiger partial charge in [0.25, 0.3) is 0 Å². The van der Waals surface area contributed by atoms with Crippen LogP contribution in [0.1, 0.15) is 38.8 Å². The quantitative estimate of drug-likeness (QED) is 0.598. The van der Waals surface area contributed by atoms with Gasteiger partial charge in [-0.25, -0.2) is 8.42 Å². The smallest absolute Gasteiger partial charge is 0.241 e. The first-order chi connectivity index (χ1) is 15.9. The molecule has 0 saturated heterocycles. The number of hydrogen-bond acceptors (Lipinski definition) is 5. The number of nitrogens with zero attached hydrogens (tertiary/aromatic N) is 2. The highest BCUT2D eigenvalue weighted by Gasteiger charge is 2.32. The molecule has 184 valence electrons. The van der Waals surface area contributed by atoms with Gasteiger partial charge in [-0.2, -0.15) is 4.72 Å². The molecule has 0 bridgehead atoms. The second kappa shape index (κ2) is 10.1. The third-order valence-electron chi connectivity index (χ3n) is 6.07. The maximum absolute atomic E-state index is 13.1. The normalized spacial score (nSPS) is 16.3. The lowest BCUT2D eigenvalue weighted by molar-refractivity contribution is -0.123. The van der Waals surface area contributed by atoms with Crippen molar-refractivity contribution in [2.45, 2.75) is 57.6 Å². The molecule has 2 aromatic carbocycles. The van der Waals surface area contributed by atoms with E-state index >= 15 is 0 Å². The molecule has 8 nitrogen and oxygen atoms in total. The average Bonchev–Trinajstić information content (AvgIpc) is 3.11. The molecule has 0 unspecified atom stereocenters. The lowest BCUT2D eigenvalue weighted by atomic mass is 10.0. The molecule has 1 aliphatic heterocycles. The van der Waals surface area contributed by atoms with Gasteiger partial charge < -0.3 is 15.1 Å².